The van der Waals surface area contributed by atoms with E-state index < -0.39 is 0 Å². The molecule has 1 saturated heterocycles. The van der Waals surface area contributed by atoms with Crippen LogP contribution in [-0.2, 0) is 0 Å². The summed E-state index contributed by atoms with van der Waals surface area (Å²) in [5.74, 6) is 0.679. The van der Waals surface area contributed by atoms with Gasteiger partial charge in [0.15, 0.2) is 0 Å². The lowest BCUT2D eigenvalue weighted by Crippen LogP contribution is -2.30. The van der Waals surface area contributed by atoms with Crippen molar-refractivity contribution in [3.63, 3.8) is 0 Å². The average molecular weight is 413 g/mol. The van der Waals surface area contributed by atoms with Crippen LogP contribution in [0.4, 0.5) is 0 Å². The number of nitrogens with one attached hydrogen (secondary N) is 2. The van der Waals surface area contributed by atoms with E-state index in [0.717, 1.165) is 47.2 Å². The van der Waals surface area contributed by atoms with Gasteiger partial charge in [-0.15, -0.1) is 0 Å². The molecule has 0 radical (unpaired) electrons. The largest absolute Gasteiger partial charge is 0.496 e. The van der Waals surface area contributed by atoms with Crippen molar-refractivity contribution < 1.29 is 9.53 Å². The fraction of sp³-hybridized carbons (Fsp3) is 0.208. The van der Waals surface area contributed by atoms with Crippen LogP contribution in [0.25, 0.3) is 22.3 Å². The molecule has 2 aromatic heterocycles. The second kappa shape index (κ2) is 8.10. The lowest BCUT2D eigenvalue weighted by atomic mass is 9.99. The number of hydrogen-bond donors (Lipinski definition) is 2. The zero-order valence-electron chi connectivity index (χ0n) is 17.2. The molecule has 1 amide bonds. The van der Waals surface area contributed by atoms with Gasteiger partial charge in [0.05, 0.1) is 25.5 Å². The summed E-state index contributed by atoms with van der Waals surface area (Å²) >= 11 is 0. The lowest BCUT2D eigenvalue weighted by Gasteiger charge is -2.26. The number of rotatable bonds is 5. The molecule has 7 heteroatoms. The summed E-state index contributed by atoms with van der Waals surface area (Å²) in [6.07, 6.45) is 9.17. The van der Waals surface area contributed by atoms with Gasteiger partial charge in [0.25, 0.3) is 5.91 Å². The van der Waals surface area contributed by atoms with Crippen LogP contribution >= 0.6 is 0 Å². The Bertz CT molecular complexity index is 1180. The van der Waals surface area contributed by atoms with E-state index in [1.807, 2.05) is 47.8 Å². The van der Waals surface area contributed by atoms with E-state index in [9.17, 15) is 4.79 Å². The maximum atomic E-state index is 13.4. The van der Waals surface area contributed by atoms with Crippen LogP contribution in [0.15, 0.2) is 67.3 Å². The molecule has 7 nitrogen and oxygen atoms in total. The molecule has 2 N–H and O–H groups in total. The van der Waals surface area contributed by atoms with Gasteiger partial charge in [0.1, 0.15) is 5.75 Å². The third-order valence-corrected chi connectivity index (χ3v) is 5.87. The van der Waals surface area contributed by atoms with Gasteiger partial charge in [0.2, 0.25) is 0 Å². The Morgan fingerprint density at radius 2 is 1.84 bits per heavy atom. The van der Waals surface area contributed by atoms with Crippen molar-refractivity contribution in [2.24, 2.45) is 0 Å². The van der Waals surface area contributed by atoms with E-state index in [1.54, 1.807) is 13.3 Å². The Hall–Kier alpha value is -3.87. The molecule has 1 aliphatic heterocycles. The van der Waals surface area contributed by atoms with Crippen molar-refractivity contribution in [1.82, 2.24) is 25.3 Å². The Kier molecular flexibility index (Phi) is 5.00. The van der Waals surface area contributed by atoms with E-state index in [-0.39, 0.29) is 11.9 Å². The topological polar surface area (TPSA) is 86.9 Å². The van der Waals surface area contributed by atoms with Crippen molar-refractivity contribution in [3.05, 3.63) is 78.4 Å². The molecule has 1 atom stereocenters. The third kappa shape index (κ3) is 3.59. The lowest BCUT2D eigenvalue weighted by molar-refractivity contribution is 0.0735. The molecular weight excluding hydrogens is 390 g/mol. The molecule has 1 fully saturated rings. The molecule has 0 aliphatic carbocycles. The highest BCUT2D eigenvalue weighted by atomic mass is 16.5. The molecule has 31 heavy (non-hydrogen) atoms. The first-order valence-electron chi connectivity index (χ1n) is 10.3. The van der Waals surface area contributed by atoms with Crippen LogP contribution < -0.4 is 4.74 Å². The van der Waals surface area contributed by atoms with Crippen molar-refractivity contribution in [2.75, 3.05) is 13.7 Å². The molecule has 4 aromatic rings. The van der Waals surface area contributed by atoms with E-state index in [2.05, 4.69) is 38.6 Å². The van der Waals surface area contributed by atoms with Gasteiger partial charge >= 0.3 is 0 Å². The smallest absolute Gasteiger partial charge is 0.254 e. The quantitative estimate of drug-likeness (QED) is 0.506. The Morgan fingerprint density at radius 1 is 1.03 bits per heavy atom. The van der Waals surface area contributed by atoms with Crippen LogP contribution in [0.3, 0.4) is 0 Å². The Labute approximate surface area is 180 Å². The van der Waals surface area contributed by atoms with Gasteiger partial charge < -0.3 is 9.64 Å². The highest BCUT2D eigenvalue weighted by Gasteiger charge is 2.31. The predicted octanol–water partition coefficient (Wildman–Crippen LogP) is 4.45. The van der Waals surface area contributed by atoms with Crippen molar-refractivity contribution in [2.45, 2.75) is 18.9 Å². The standard InChI is InChI=1S/C24H23N5O2/c1-31-23-11-18(7-8-21(23)20-14-27-28-15-20)24(30)29-9-3-6-22(29)17-5-2-4-16(10-17)19-12-25-26-13-19/h2,4-5,7-8,10-15,22H,3,6,9H2,1H3,(H,25,26)(H,27,28). The average Bonchev–Trinajstić information content (AvgIpc) is 3.60. The van der Waals surface area contributed by atoms with Gasteiger partial charge in [-0.1, -0.05) is 18.2 Å². The summed E-state index contributed by atoms with van der Waals surface area (Å²) < 4.78 is 5.57. The predicted molar refractivity (Wildman–Crippen MR) is 118 cm³/mol. The van der Waals surface area contributed by atoms with Gasteiger partial charge in [-0.25, -0.2) is 0 Å². The number of aromatic nitrogens is 4. The van der Waals surface area contributed by atoms with E-state index in [4.69, 9.17) is 4.74 Å². The second-order valence-corrected chi connectivity index (χ2v) is 7.67. The minimum Gasteiger partial charge on any atom is -0.496 e. The Balaban J connectivity index is 1.43. The number of benzene rings is 2. The van der Waals surface area contributed by atoms with E-state index in [1.165, 1.54) is 0 Å². The summed E-state index contributed by atoms with van der Waals surface area (Å²) in [6.45, 7) is 0.741. The number of nitrogens with zero attached hydrogens (tertiary/aromatic N) is 3. The maximum Gasteiger partial charge on any atom is 0.254 e. The van der Waals surface area contributed by atoms with Gasteiger partial charge in [-0.05, 0) is 48.2 Å². The van der Waals surface area contributed by atoms with Crippen LogP contribution in [0, 0.1) is 0 Å². The normalized spacial score (nSPS) is 15.9. The zero-order valence-corrected chi connectivity index (χ0v) is 17.2. The van der Waals surface area contributed by atoms with Crippen LogP contribution in [0.1, 0.15) is 34.8 Å². The minimum atomic E-state index is 0.0215. The molecule has 2 aromatic carbocycles. The molecule has 5 rings (SSSR count). The SMILES string of the molecule is COc1cc(C(=O)N2CCCC2c2cccc(-c3cn[nH]c3)c2)ccc1-c1cn[nH]c1. The van der Waals surface area contributed by atoms with Crippen molar-refractivity contribution in [3.8, 4) is 28.0 Å². The maximum absolute atomic E-state index is 13.4. The number of amides is 1. The molecule has 156 valence electrons. The van der Waals surface area contributed by atoms with Gasteiger partial charge in [-0.2, -0.15) is 10.2 Å². The van der Waals surface area contributed by atoms with Gasteiger partial charge in [0, 0.05) is 41.2 Å². The fourth-order valence-electron chi connectivity index (χ4n) is 4.32. The molecule has 1 aliphatic rings. The summed E-state index contributed by atoms with van der Waals surface area (Å²) in [5, 5.41) is 13.7. The minimum absolute atomic E-state index is 0.0215. The number of H-pyrrole nitrogens is 2. The van der Waals surface area contributed by atoms with E-state index in [0.29, 0.717) is 11.3 Å². The first-order valence-corrected chi connectivity index (χ1v) is 10.3. The monoisotopic (exact) mass is 413 g/mol. The first-order chi connectivity index (χ1) is 15.2. The van der Waals surface area contributed by atoms with Crippen LogP contribution in [-0.4, -0.2) is 44.9 Å². The number of hydrogen-bond acceptors (Lipinski definition) is 4. The molecular formula is C24H23N5O2. The number of methoxy groups -OCH3 is 1. The summed E-state index contributed by atoms with van der Waals surface area (Å²) in [7, 11) is 1.62. The number of aromatic amines is 2. The van der Waals surface area contributed by atoms with Crippen LogP contribution in [0.2, 0.25) is 0 Å². The van der Waals surface area contributed by atoms with Gasteiger partial charge in [-0.3, -0.25) is 15.0 Å². The molecule has 0 saturated carbocycles. The molecule has 3 heterocycles. The first kappa shape index (κ1) is 19.1. The second-order valence-electron chi connectivity index (χ2n) is 7.67. The number of carbonyl (C=O) groups excluding carboxylic acids is 1. The number of ether oxygens (including phenoxy) is 1. The summed E-state index contributed by atoms with van der Waals surface area (Å²) in [6, 6.07) is 14.0. The molecule has 0 spiro atoms. The Morgan fingerprint density at radius 3 is 2.58 bits per heavy atom. The van der Waals surface area contributed by atoms with E-state index >= 15 is 0 Å². The number of carbonyl (C=O) groups is 1. The highest BCUT2D eigenvalue weighted by Crippen LogP contribution is 2.36. The highest BCUT2D eigenvalue weighted by molar-refractivity contribution is 5.96. The fourth-order valence-corrected chi connectivity index (χ4v) is 4.32. The number of likely N-dealkylation sites (tertiary alicyclic amines) is 1. The van der Waals surface area contributed by atoms with Crippen molar-refractivity contribution in [1.29, 1.82) is 0 Å². The zero-order chi connectivity index (χ0) is 21.2. The summed E-state index contributed by atoms with van der Waals surface area (Å²) in [5.41, 5.74) is 5.73. The van der Waals surface area contributed by atoms with Crippen molar-refractivity contribution >= 4 is 5.91 Å². The molecule has 1 unspecified atom stereocenters. The third-order valence-electron chi connectivity index (χ3n) is 5.87. The molecule has 0 bridgehead atoms. The summed E-state index contributed by atoms with van der Waals surface area (Å²) in [4.78, 5) is 15.4. The van der Waals surface area contributed by atoms with Crippen LogP contribution in [0.5, 0.6) is 5.75 Å².